The highest BCUT2D eigenvalue weighted by Crippen LogP contribution is 2.66. The average Bonchev–Trinajstić information content (AvgIpc) is 3.01. The van der Waals surface area contributed by atoms with Crippen LogP contribution in [0.1, 0.15) is 105 Å². The van der Waals surface area contributed by atoms with Gasteiger partial charge in [-0.3, -0.25) is 0 Å². The van der Waals surface area contributed by atoms with Crippen LogP contribution in [0.4, 0.5) is 0 Å². The number of hydrogen-bond acceptors (Lipinski definition) is 0. The summed E-state index contributed by atoms with van der Waals surface area (Å²) in [6.45, 7) is 12.5. The van der Waals surface area contributed by atoms with Crippen molar-refractivity contribution in [2.45, 2.75) is 105 Å². The maximum Gasteiger partial charge on any atom is -0.00853 e. The molecule has 0 spiro atoms. The Morgan fingerprint density at radius 1 is 1.07 bits per heavy atom. The van der Waals surface area contributed by atoms with Gasteiger partial charge in [-0.2, -0.15) is 0 Å². The molecule has 0 radical (unpaired) electrons. The maximum absolute atomic E-state index is 2.73. The minimum Gasteiger partial charge on any atom is -0.0880 e. The van der Waals surface area contributed by atoms with Gasteiger partial charge < -0.3 is 0 Å². The van der Waals surface area contributed by atoms with Gasteiger partial charge in [-0.1, -0.05) is 64.8 Å². The fourth-order valence-corrected chi connectivity index (χ4v) is 8.44. The van der Waals surface area contributed by atoms with Crippen LogP contribution in [0.5, 0.6) is 0 Å². The van der Waals surface area contributed by atoms with E-state index in [0.717, 1.165) is 35.5 Å². The Hall–Kier alpha value is -0.520. The van der Waals surface area contributed by atoms with Gasteiger partial charge in [0.05, 0.1) is 0 Å². The molecular weight excluding hydrogens is 336 g/mol. The highest BCUT2D eigenvalue weighted by atomic mass is 14.6. The van der Waals surface area contributed by atoms with Crippen molar-refractivity contribution in [3.63, 3.8) is 0 Å². The zero-order chi connectivity index (χ0) is 19.9. The van der Waals surface area contributed by atoms with E-state index in [1.165, 1.54) is 70.6 Å². The fraction of sp³-hybridized carbons (Fsp3) is 0.857. The minimum atomic E-state index is 0.562. The summed E-state index contributed by atoms with van der Waals surface area (Å²) in [7, 11) is 0. The van der Waals surface area contributed by atoms with Crippen LogP contribution >= 0.6 is 0 Å². The fourth-order valence-electron chi connectivity index (χ4n) is 8.44. The van der Waals surface area contributed by atoms with Crippen molar-refractivity contribution in [2.24, 2.45) is 46.3 Å². The first-order valence-electron chi connectivity index (χ1n) is 12.8. The topological polar surface area (TPSA) is 0 Å². The van der Waals surface area contributed by atoms with Crippen LogP contribution in [0.2, 0.25) is 0 Å². The Bertz CT molecular complexity index is 610. The van der Waals surface area contributed by atoms with Crippen LogP contribution in [-0.4, -0.2) is 0 Å². The molecule has 4 aliphatic carbocycles. The minimum absolute atomic E-state index is 0.562. The lowest BCUT2D eigenvalue weighted by Crippen LogP contribution is -2.49. The summed E-state index contributed by atoms with van der Waals surface area (Å²) in [4.78, 5) is 0. The molecule has 0 aromatic heterocycles. The van der Waals surface area contributed by atoms with Crippen LogP contribution in [0, 0.1) is 46.3 Å². The molecule has 3 saturated carbocycles. The van der Waals surface area contributed by atoms with E-state index in [2.05, 4.69) is 52.8 Å². The highest BCUT2D eigenvalue weighted by Gasteiger charge is 2.57. The van der Waals surface area contributed by atoms with Crippen LogP contribution in [-0.2, 0) is 0 Å². The first-order valence-corrected chi connectivity index (χ1v) is 12.8. The van der Waals surface area contributed by atoms with E-state index in [-0.39, 0.29) is 0 Å². The molecule has 0 aromatic carbocycles. The molecule has 3 fully saturated rings. The Balaban J connectivity index is 1.48. The van der Waals surface area contributed by atoms with Crippen molar-refractivity contribution >= 4 is 0 Å². The van der Waals surface area contributed by atoms with Crippen molar-refractivity contribution < 1.29 is 0 Å². The molecule has 158 valence electrons. The molecular formula is C28H46. The normalized spacial score (nSPS) is 44.1. The van der Waals surface area contributed by atoms with Crippen molar-refractivity contribution in [2.75, 3.05) is 0 Å². The van der Waals surface area contributed by atoms with Gasteiger partial charge in [-0.25, -0.2) is 0 Å². The van der Waals surface area contributed by atoms with E-state index in [1.807, 2.05) is 5.57 Å². The largest absolute Gasteiger partial charge is 0.0880 e. The highest BCUT2D eigenvalue weighted by molar-refractivity contribution is 5.24. The van der Waals surface area contributed by atoms with Crippen LogP contribution in [0.25, 0.3) is 0 Å². The summed E-state index contributed by atoms with van der Waals surface area (Å²) >= 11 is 0. The lowest BCUT2D eigenvalue weighted by molar-refractivity contribution is -0.0406. The first kappa shape index (κ1) is 20.7. The molecule has 0 amide bonds. The molecule has 0 saturated heterocycles. The van der Waals surface area contributed by atoms with E-state index in [4.69, 9.17) is 0 Å². The second-order valence-corrected chi connectivity index (χ2v) is 11.8. The predicted octanol–water partition coefficient (Wildman–Crippen LogP) is 8.58. The van der Waals surface area contributed by atoms with E-state index in [0.29, 0.717) is 10.8 Å². The molecule has 0 N–H and O–H groups in total. The molecule has 0 aromatic rings. The lowest BCUT2D eigenvalue weighted by atomic mass is 9.47. The first-order chi connectivity index (χ1) is 13.4. The molecule has 4 aliphatic rings. The third kappa shape index (κ3) is 3.35. The summed E-state index contributed by atoms with van der Waals surface area (Å²) in [5.74, 6) is 5.46. The van der Waals surface area contributed by atoms with Gasteiger partial charge in [-0.05, 0) is 111 Å². The van der Waals surface area contributed by atoms with E-state index in [1.54, 1.807) is 0 Å². The molecule has 0 heteroatoms. The van der Waals surface area contributed by atoms with Crippen LogP contribution < -0.4 is 0 Å². The van der Waals surface area contributed by atoms with Gasteiger partial charge >= 0.3 is 0 Å². The monoisotopic (exact) mass is 382 g/mol. The van der Waals surface area contributed by atoms with E-state index >= 15 is 0 Å². The standard InChI is InChI=1S/C28H46/c1-6-21(20(2)3)10-9-12-23-14-16-25-24-15-13-22-11-7-8-18-27(22,4)26(24)17-19-28(23,25)5/h9-10,13,20-21,23-26H,6-8,11-12,14-19H2,1-5H3/b10-9+. The summed E-state index contributed by atoms with van der Waals surface area (Å²) in [5, 5.41) is 0. The lowest BCUT2D eigenvalue weighted by Gasteiger charge is -2.57. The summed E-state index contributed by atoms with van der Waals surface area (Å²) in [5.41, 5.74) is 3.04. The van der Waals surface area contributed by atoms with Crippen LogP contribution in [0.3, 0.4) is 0 Å². The predicted molar refractivity (Wildman–Crippen MR) is 122 cm³/mol. The molecule has 28 heavy (non-hydrogen) atoms. The Labute approximate surface area is 175 Å². The Morgan fingerprint density at radius 3 is 2.64 bits per heavy atom. The van der Waals surface area contributed by atoms with Gasteiger partial charge in [0.15, 0.2) is 0 Å². The molecule has 0 nitrogen and oxygen atoms in total. The second-order valence-electron chi connectivity index (χ2n) is 11.8. The van der Waals surface area contributed by atoms with Crippen molar-refractivity contribution in [3.05, 3.63) is 23.8 Å². The smallest absolute Gasteiger partial charge is 0.00853 e. The zero-order valence-electron chi connectivity index (χ0n) is 19.5. The third-order valence-corrected chi connectivity index (χ3v) is 10.3. The zero-order valence-corrected chi connectivity index (χ0v) is 19.5. The summed E-state index contributed by atoms with van der Waals surface area (Å²) in [6, 6.07) is 0. The Kier molecular flexibility index (Phi) is 5.89. The SMILES string of the molecule is CCC(/C=C/CC1CCC2C3CC=C4CCCCC4(C)C3CCC12C)C(C)C. The quantitative estimate of drug-likeness (QED) is 0.418. The Morgan fingerprint density at radius 2 is 1.89 bits per heavy atom. The van der Waals surface area contributed by atoms with Gasteiger partial charge in [0.2, 0.25) is 0 Å². The van der Waals surface area contributed by atoms with Gasteiger partial charge in [0, 0.05) is 0 Å². The second kappa shape index (κ2) is 7.96. The van der Waals surface area contributed by atoms with Crippen molar-refractivity contribution in [1.82, 2.24) is 0 Å². The third-order valence-electron chi connectivity index (χ3n) is 10.3. The van der Waals surface area contributed by atoms with Gasteiger partial charge in [0.1, 0.15) is 0 Å². The molecule has 7 atom stereocenters. The van der Waals surface area contributed by atoms with Crippen molar-refractivity contribution in [1.29, 1.82) is 0 Å². The molecule has 4 rings (SSSR count). The summed E-state index contributed by atoms with van der Waals surface area (Å²) in [6.07, 6.45) is 23.7. The molecule has 0 heterocycles. The van der Waals surface area contributed by atoms with Crippen LogP contribution in [0.15, 0.2) is 23.8 Å². The summed E-state index contributed by atoms with van der Waals surface area (Å²) < 4.78 is 0. The molecule has 7 unspecified atom stereocenters. The van der Waals surface area contributed by atoms with Crippen molar-refractivity contribution in [3.8, 4) is 0 Å². The van der Waals surface area contributed by atoms with E-state index < -0.39 is 0 Å². The van der Waals surface area contributed by atoms with Gasteiger partial charge in [0.25, 0.3) is 0 Å². The number of fused-ring (bicyclic) bond motifs is 5. The van der Waals surface area contributed by atoms with E-state index in [9.17, 15) is 0 Å². The number of rotatable bonds is 5. The maximum atomic E-state index is 2.73. The molecule has 0 aliphatic heterocycles. The van der Waals surface area contributed by atoms with Gasteiger partial charge in [-0.15, -0.1) is 0 Å². The number of hydrogen-bond donors (Lipinski definition) is 0. The molecule has 0 bridgehead atoms. The number of allylic oxidation sites excluding steroid dienone is 4. The average molecular weight is 383 g/mol.